The lowest BCUT2D eigenvalue weighted by atomic mass is 9.91. The molecule has 3 fully saturated rings. The molecule has 11 N–H and O–H groups in total. The summed E-state index contributed by atoms with van der Waals surface area (Å²) in [5.74, 6) is -6.36. The topological polar surface area (TPSA) is 303 Å². The van der Waals surface area contributed by atoms with Crippen molar-refractivity contribution in [3.05, 3.63) is 0 Å². The van der Waals surface area contributed by atoms with Crippen molar-refractivity contribution in [2.24, 2.45) is 0 Å². The minimum atomic E-state index is -2.89. The van der Waals surface area contributed by atoms with Gasteiger partial charge in [0.25, 0.3) is 5.79 Å². The number of rotatable bonds is 10. The van der Waals surface area contributed by atoms with E-state index in [9.17, 15) is 60.7 Å². The zero-order valence-electron chi connectivity index (χ0n) is 19.6. The number of hydrogen-bond acceptors (Lipinski definition) is 16. The molecule has 0 amide bonds. The molecule has 38 heavy (non-hydrogen) atoms. The van der Waals surface area contributed by atoms with Gasteiger partial charge in [-0.25, -0.2) is 9.59 Å². The molecule has 14 atom stereocenters. The van der Waals surface area contributed by atoms with E-state index < -0.39 is 124 Å². The van der Waals surface area contributed by atoms with E-state index in [0.717, 1.165) is 0 Å². The van der Waals surface area contributed by atoms with Crippen molar-refractivity contribution in [2.75, 3.05) is 19.8 Å². The zero-order chi connectivity index (χ0) is 28.5. The van der Waals surface area contributed by atoms with Crippen LogP contribution in [0.1, 0.15) is 6.42 Å². The lowest BCUT2D eigenvalue weighted by Crippen LogP contribution is -2.67. The highest BCUT2D eigenvalue weighted by atomic mass is 16.8. The van der Waals surface area contributed by atoms with E-state index in [1.54, 1.807) is 0 Å². The Balaban J connectivity index is 1.80. The van der Waals surface area contributed by atoms with Crippen LogP contribution in [0, 0.1) is 0 Å². The van der Waals surface area contributed by atoms with Crippen molar-refractivity contribution >= 4 is 11.9 Å². The highest BCUT2D eigenvalue weighted by molar-refractivity contribution is 5.76. The van der Waals surface area contributed by atoms with Crippen molar-refractivity contribution in [2.45, 2.75) is 91.7 Å². The van der Waals surface area contributed by atoms with Crippen LogP contribution in [-0.4, -0.2) is 173 Å². The van der Waals surface area contributed by atoms with E-state index in [-0.39, 0.29) is 0 Å². The molecule has 0 bridgehead atoms. The van der Waals surface area contributed by atoms with E-state index in [1.807, 2.05) is 0 Å². The average molecular weight is 560 g/mol. The number of aliphatic hydroxyl groups is 9. The van der Waals surface area contributed by atoms with Crippen LogP contribution < -0.4 is 0 Å². The second-order valence-electron chi connectivity index (χ2n) is 9.19. The molecule has 0 aliphatic carbocycles. The van der Waals surface area contributed by atoms with Gasteiger partial charge in [0.2, 0.25) is 0 Å². The summed E-state index contributed by atoms with van der Waals surface area (Å²) in [6.45, 7) is -2.58. The molecule has 3 heterocycles. The van der Waals surface area contributed by atoms with Gasteiger partial charge in [0, 0.05) is 6.42 Å². The smallest absolute Gasteiger partial charge is 0.364 e. The number of carboxylic acid groups (broad SMARTS) is 2. The maximum atomic E-state index is 12.2. The normalized spacial score (nSPS) is 46.6. The highest BCUT2D eigenvalue weighted by Gasteiger charge is 2.58. The third-order valence-corrected chi connectivity index (χ3v) is 6.61. The second-order valence-corrected chi connectivity index (χ2v) is 9.19. The average Bonchev–Trinajstić information content (AvgIpc) is 3.16. The van der Waals surface area contributed by atoms with Crippen LogP contribution in [0.3, 0.4) is 0 Å². The third kappa shape index (κ3) is 5.93. The molecule has 3 rings (SSSR count). The van der Waals surface area contributed by atoms with Gasteiger partial charge in [-0.1, -0.05) is 0 Å². The minimum absolute atomic E-state index is 0.680. The van der Waals surface area contributed by atoms with E-state index in [4.69, 9.17) is 28.8 Å². The molecule has 0 radical (unpaired) electrons. The van der Waals surface area contributed by atoms with E-state index in [0.29, 0.717) is 0 Å². The summed E-state index contributed by atoms with van der Waals surface area (Å²) in [7, 11) is 0. The van der Waals surface area contributed by atoms with Crippen molar-refractivity contribution < 1.29 is 89.4 Å². The number of carbonyl (C=O) groups is 2. The van der Waals surface area contributed by atoms with E-state index in [2.05, 4.69) is 0 Å². The Bertz CT molecular complexity index is 828. The molecule has 0 aromatic carbocycles. The Morgan fingerprint density at radius 3 is 2.08 bits per heavy atom. The van der Waals surface area contributed by atoms with Crippen molar-refractivity contribution in [1.29, 1.82) is 0 Å². The lowest BCUT2D eigenvalue weighted by Gasteiger charge is -2.48. The summed E-state index contributed by atoms with van der Waals surface area (Å²) in [5, 5.41) is 109. The SMILES string of the molecule is O=C(O)[C@H]1O[C@H](CO[C@@H]2O[C@H](CO)[C@H](O)[C@H](O[C@@]3(C(=O)O)C[C@@H](O)[C@@H](O)[C@@H]([C@H](O)CO)O3)[C@H]2O)[C@@H](O)[C@@H]1O. The first-order chi connectivity index (χ1) is 17.8. The van der Waals surface area contributed by atoms with Gasteiger partial charge < -0.3 is 79.9 Å². The van der Waals surface area contributed by atoms with Crippen LogP contribution in [0.15, 0.2) is 0 Å². The summed E-state index contributed by atoms with van der Waals surface area (Å²) >= 11 is 0. The quantitative estimate of drug-likeness (QED) is 0.118. The molecule has 18 nitrogen and oxygen atoms in total. The molecule has 18 heteroatoms. The van der Waals surface area contributed by atoms with Crippen LogP contribution in [0.5, 0.6) is 0 Å². The fourth-order valence-electron chi connectivity index (χ4n) is 4.46. The van der Waals surface area contributed by atoms with Gasteiger partial charge in [-0.3, -0.25) is 0 Å². The maximum absolute atomic E-state index is 12.2. The Morgan fingerprint density at radius 1 is 0.895 bits per heavy atom. The standard InChI is InChI=1S/C20H32O18/c21-2-6(24)14-9(25)5(23)1-20(37-14,19(32)33)38-15-11(27)7(3-22)36-18(13(15)29)34-4-8-10(26)12(28)16(35-8)17(30)31/h5-16,18,21-29H,1-4H2,(H,30,31)(H,32,33)/t5-,6-,7-,8-,9-,10-,11+,12+,13-,14-,15+,16+,18-,20-/m1/s1. The van der Waals surface area contributed by atoms with Gasteiger partial charge >= 0.3 is 11.9 Å². The Hall–Kier alpha value is -1.62. The molecule has 0 aromatic rings. The molecule has 0 saturated carbocycles. The Morgan fingerprint density at radius 2 is 1.55 bits per heavy atom. The lowest BCUT2D eigenvalue weighted by molar-refractivity contribution is -0.376. The molecule has 0 unspecified atom stereocenters. The number of carboxylic acids is 2. The number of ether oxygens (including phenoxy) is 5. The Kier molecular flexibility index (Phi) is 9.98. The second kappa shape index (κ2) is 12.3. The summed E-state index contributed by atoms with van der Waals surface area (Å²) in [6, 6.07) is 0. The van der Waals surface area contributed by atoms with Crippen LogP contribution in [0.25, 0.3) is 0 Å². The van der Waals surface area contributed by atoms with Crippen molar-refractivity contribution in [3.8, 4) is 0 Å². The molecule has 220 valence electrons. The molecule has 0 spiro atoms. The van der Waals surface area contributed by atoms with Crippen LogP contribution >= 0.6 is 0 Å². The summed E-state index contributed by atoms with van der Waals surface area (Å²) < 4.78 is 26.3. The Labute approximate surface area is 213 Å². The molecular weight excluding hydrogens is 528 g/mol. The maximum Gasteiger partial charge on any atom is 0.364 e. The highest BCUT2D eigenvalue weighted by Crippen LogP contribution is 2.37. The molecule has 0 aromatic heterocycles. The summed E-state index contributed by atoms with van der Waals surface area (Å²) in [5.41, 5.74) is 0. The predicted molar refractivity (Wildman–Crippen MR) is 112 cm³/mol. The third-order valence-electron chi connectivity index (χ3n) is 6.61. The van der Waals surface area contributed by atoms with Gasteiger partial charge in [0.05, 0.1) is 25.9 Å². The van der Waals surface area contributed by atoms with Crippen molar-refractivity contribution in [1.82, 2.24) is 0 Å². The minimum Gasteiger partial charge on any atom is -0.479 e. The summed E-state index contributed by atoms with van der Waals surface area (Å²) in [4.78, 5) is 23.3. The van der Waals surface area contributed by atoms with E-state index >= 15 is 0 Å². The van der Waals surface area contributed by atoms with E-state index in [1.165, 1.54) is 0 Å². The van der Waals surface area contributed by atoms with Crippen LogP contribution in [0.4, 0.5) is 0 Å². The first-order valence-electron chi connectivity index (χ1n) is 11.5. The van der Waals surface area contributed by atoms with Crippen LogP contribution in [-0.2, 0) is 33.3 Å². The monoisotopic (exact) mass is 560 g/mol. The largest absolute Gasteiger partial charge is 0.479 e. The predicted octanol–water partition coefficient (Wildman–Crippen LogP) is -6.95. The van der Waals surface area contributed by atoms with Gasteiger partial charge in [-0.2, -0.15) is 0 Å². The fraction of sp³-hybridized carbons (Fsp3) is 0.900. The van der Waals surface area contributed by atoms with Gasteiger partial charge in [-0.05, 0) is 0 Å². The fourth-order valence-corrected chi connectivity index (χ4v) is 4.46. The van der Waals surface area contributed by atoms with Gasteiger partial charge in [0.15, 0.2) is 12.4 Å². The molecule has 3 saturated heterocycles. The first kappa shape index (κ1) is 30.9. The molecular formula is C20H32O18. The van der Waals surface area contributed by atoms with Crippen molar-refractivity contribution in [3.63, 3.8) is 0 Å². The molecule has 3 aliphatic heterocycles. The number of hydrogen-bond donors (Lipinski definition) is 11. The van der Waals surface area contributed by atoms with Gasteiger partial charge in [-0.15, -0.1) is 0 Å². The molecule has 3 aliphatic rings. The number of aliphatic hydroxyl groups excluding tert-OH is 9. The van der Waals surface area contributed by atoms with Crippen LogP contribution in [0.2, 0.25) is 0 Å². The number of aliphatic carboxylic acids is 2. The zero-order valence-corrected chi connectivity index (χ0v) is 19.6. The first-order valence-corrected chi connectivity index (χ1v) is 11.5. The van der Waals surface area contributed by atoms with Gasteiger partial charge in [0.1, 0.15) is 61.0 Å². The summed E-state index contributed by atoms with van der Waals surface area (Å²) in [6.07, 6.45) is -24.4.